The molecule has 1 saturated heterocycles. The number of likely N-dealkylation sites (tertiary alicyclic amines) is 1. The Morgan fingerprint density at radius 3 is 2.87 bits per heavy atom. The van der Waals surface area contributed by atoms with Gasteiger partial charge in [-0.2, -0.15) is 0 Å². The number of fused-ring (bicyclic) bond motifs is 1. The fourth-order valence-corrected chi connectivity index (χ4v) is 4.39. The van der Waals surface area contributed by atoms with E-state index in [2.05, 4.69) is 26.5 Å². The zero-order chi connectivity index (χ0) is 27.9. The van der Waals surface area contributed by atoms with Crippen LogP contribution in [-0.4, -0.2) is 71.4 Å². The second-order valence-corrected chi connectivity index (χ2v) is 9.59. The Kier molecular flexibility index (Phi) is 8.96. The zero-order valence-corrected chi connectivity index (χ0v) is 22.3. The van der Waals surface area contributed by atoms with Crippen molar-refractivity contribution in [3.05, 3.63) is 59.7 Å². The van der Waals surface area contributed by atoms with Crippen LogP contribution in [0, 0.1) is 18.2 Å². The quantitative estimate of drug-likeness (QED) is 0.304. The van der Waals surface area contributed by atoms with Gasteiger partial charge in [-0.05, 0) is 51.2 Å². The fourth-order valence-electron chi connectivity index (χ4n) is 4.21. The van der Waals surface area contributed by atoms with Crippen LogP contribution in [0.25, 0.3) is 10.9 Å². The highest BCUT2D eigenvalue weighted by atomic mass is 35.5. The van der Waals surface area contributed by atoms with E-state index >= 15 is 0 Å². The van der Waals surface area contributed by atoms with Gasteiger partial charge in [0.2, 0.25) is 11.8 Å². The lowest BCUT2D eigenvalue weighted by atomic mass is 10.1. The number of hydrogen-bond donors (Lipinski definition) is 2. The molecular weight excluding hydrogens is 523 g/mol. The van der Waals surface area contributed by atoms with Crippen LogP contribution in [-0.2, 0) is 9.59 Å². The van der Waals surface area contributed by atoms with Gasteiger partial charge in [-0.3, -0.25) is 9.59 Å². The first-order chi connectivity index (χ1) is 18.8. The van der Waals surface area contributed by atoms with E-state index in [0.29, 0.717) is 59.8 Å². The standard InChI is InChI=1S/C28H28ClFN6O3/c1-4-13-39-25-16-22-19(27(32-17-31-22)33-18-9-10-21(30)20(29)14-18)15-23(25)34-28(38)24-7-5-12-36(24)26(37)8-6-11-35(2)3/h1,6,8-10,14-17,24H,5,7,11-13H2,2-3H3,(H,34,38)(H,31,32,33)/b8-6+/t24-/m0/s1. The van der Waals surface area contributed by atoms with Crippen LogP contribution < -0.4 is 15.4 Å². The van der Waals surface area contributed by atoms with Crippen LogP contribution in [0.4, 0.5) is 21.6 Å². The first-order valence-corrected chi connectivity index (χ1v) is 12.6. The maximum absolute atomic E-state index is 13.6. The minimum absolute atomic E-state index is 0.0244. The molecule has 4 rings (SSSR count). The largest absolute Gasteiger partial charge is 0.479 e. The van der Waals surface area contributed by atoms with E-state index in [1.54, 1.807) is 23.1 Å². The molecule has 0 unspecified atom stereocenters. The molecule has 1 fully saturated rings. The summed E-state index contributed by atoms with van der Waals surface area (Å²) in [5.41, 5.74) is 1.39. The van der Waals surface area contributed by atoms with Gasteiger partial charge in [0.15, 0.2) is 0 Å². The number of aromatic nitrogens is 2. The molecule has 202 valence electrons. The van der Waals surface area contributed by atoms with E-state index in [1.165, 1.54) is 30.6 Å². The number of nitrogens with one attached hydrogen (secondary N) is 2. The average Bonchev–Trinajstić information content (AvgIpc) is 3.40. The molecule has 1 aliphatic heterocycles. The molecule has 0 spiro atoms. The molecule has 2 aromatic carbocycles. The highest BCUT2D eigenvalue weighted by Gasteiger charge is 2.33. The predicted molar refractivity (Wildman–Crippen MR) is 150 cm³/mol. The third-order valence-corrected chi connectivity index (χ3v) is 6.35. The van der Waals surface area contributed by atoms with Crippen molar-refractivity contribution >= 4 is 51.5 Å². The Balaban J connectivity index is 1.63. The molecule has 11 heteroatoms. The van der Waals surface area contributed by atoms with Gasteiger partial charge in [0, 0.05) is 36.3 Å². The smallest absolute Gasteiger partial charge is 0.247 e. The van der Waals surface area contributed by atoms with Crippen LogP contribution >= 0.6 is 11.6 Å². The summed E-state index contributed by atoms with van der Waals surface area (Å²) in [6.45, 7) is 1.08. The highest BCUT2D eigenvalue weighted by molar-refractivity contribution is 6.31. The van der Waals surface area contributed by atoms with Gasteiger partial charge in [-0.1, -0.05) is 23.6 Å². The number of benzene rings is 2. The second kappa shape index (κ2) is 12.6. The number of likely N-dealkylation sites (N-methyl/N-ethyl adjacent to an activating group) is 1. The minimum Gasteiger partial charge on any atom is -0.479 e. The summed E-state index contributed by atoms with van der Waals surface area (Å²) in [7, 11) is 3.82. The number of anilines is 3. The van der Waals surface area contributed by atoms with E-state index in [1.807, 2.05) is 19.0 Å². The van der Waals surface area contributed by atoms with Crippen molar-refractivity contribution in [3.63, 3.8) is 0 Å². The lowest BCUT2D eigenvalue weighted by Gasteiger charge is -2.23. The zero-order valence-electron chi connectivity index (χ0n) is 21.6. The Morgan fingerprint density at radius 1 is 1.31 bits per heavy atom. The van der Waals surface area contributed by atoms with Crippen LogP contribution in [0.5, 0.6) is 5.75 Å². The summed E-state index contributed by atoms with van der Waals surface area (Å²) < 4.78 is 19.3. The van der Waals surface area contributed by atoms with Crippen molar-refractivity contribution in [2.24, 2.45) is 0 Å². The summed E-state index contributed by atoms with van der Waals surface area (Å²) in [5.74, 6) is 2.05. The van der Waals surface area contributed by atoms with Gasteiger partial charge in [0.25, 0.3) is 0 Å². The van der Waals surface area contributed by atoms with E-state index in [4.69, 9.17) is 22.8 Å². The van der Waals surface area contributed by atoms with Crippen molar-refractivity contribution in [3.8, 4) is 18.1 Å². The highest BCUT2D eigenvalue weighted by Crippen LogP contribution is 2.34. The molecule has 9 nitrogen and oxygen atoms in total. The van der Waals surface area contributed by atoms with Crippen molar-refractivity contribution in [2.75, 3.05) is 44.4 Å². The van der Waals surface area contributed by atoms with Crippen LogP contribution in [0.1, 0.15) is 12.8 Å². The number of rotatable bonds is 9. The number of halogens is 2. The lowest BCUT2D eigenvalue weighted by molar-refractivity contribution is -0.132. The van der Waals surface area contributed by atoms with E-state index < -0.39 is 11.9 Å². The van der Waals surface area contributed by atoms with Gasteiger partial charge in [-0.25, -0.2) is 14.4 Å². The van der Waals surface area contributed by atoms with Gasteiger partial charge >= 0.3 is 0 Å². The van der Waals surface area contributed by atoms with E-state index in [-0.39, 0.29) is 23.4 Å². The molecule has 2 heterocycles. The molecule has 2 N–H and O–H groups in total. The number of amides is 2. The second-order valence-electron chi connectivity index (χ2n) is 9.18. The Labute approximate surface area is 231 Å². The first-order valence-electron chi connectivity index (χ1n) is 12.3. The van der Waals surface area contributed by atoms with E-state index in [9.17, 15) is 14.0 Å². The molecule has 39 heavy (non-hydrogen) atoms. The lowest BCUT2D eigenvalue weighted by Crippen LogP contribution is -2.42. The van der Waals surface area contributed by atoms with Crippen LogP contribution in [0.2, 0.25) is 5.02 Å². The Bertz CT molecular complexity index is 1460. The number of ether oxygens (including phenoxy) is 1. The molecule has 0 bridgehead atoms. The maximum atomic E-state index is 13.6. The van der Waals surface area contributed by atoms with Gasteiger partial charge < -0.3 is 25.2 Å². The topological polar surface area (TPSA) is 99.7 Å². The molecule has 1 aliphatic rings. The predicted octanol–water partition coefficient (Wildman–Crippen LogP) is 4.23. The molecular formula is C28H28ClFN6O3. The first kappa shape index (κ1) is 27.8. The summed E-state index contributed by atoms with van der Waals surface area (Å²) in [4.78, 5) is 38.3. The van der Waals surface area contributed by atoms with Crippen molar-refractivity contribution < 1.29 is 18.7 Å². The van der Waals surface area contributed by atoms with Gasteiger partial charge in [-0.15, -0.1) is 6.42 Å². The van der Waals surface area contributed by atoms with Crippen molar-refractivity contribution in [1.82, 2.24) is 19.8 Å². The number of carbonyl (C=O) groups is 2. The fraction of sp³-hybridized carbons (Fsp3) is 0.286. The molecule has 3 aromatic rings. The van der Waals surface area contributed by atoms with Crippen molar-refractivity contribution in [1.29, 1.82) is 0 Å². The van der Waals surface area contributed by atoms with Gasteiger partial charge in [0.05, 0.1) is 16.2 Å². The Hall–Kier alpha value is -4.20. The number of terminal acetylenes is 1. The Morgan fingerprint density at radius 2 is 2.13 bits per heavy atom. The average molecular weight is 551 g/mol. The molecule has 0 saturated carbocycles. The third kappa shape index (κ3) is 6.82. The van der Waals surface area contributed by atoms with E-state index in [0.717, 1.165) is 0 Å². The summed E-state index contributed by atoms with van der Waals surface area (Å²) >= 11 is 5.93. The van der Waals surface area contributed by atoms with Crippen molar-refractivity contribution in [2.45, 2.75) is 18.9 Å². The maximum Gasteiger partial charge on any atom is 0.247 e. The summed E-state index contributed by atoms with van der Waals surface area (Å²) in [6, 6.07) is 6.90. The SMILES string of the molecule is C#CCOc1cc2ncnc(Nc3ccc(F)c(Cl)c3)c2cc1NC(=O)[C@@H]1CCCN1C(=O)/C=C/CN(C)C. The summed E-state index contributed by atoms with van der Waals surface area (Å²) in [6.07, 6.45) is 11.3. The monoisotopic (exact) mass is 550 g/mol. The minimum atomic E-state index is -0.635. The normalized spacial score (nSPS) is 15.1. The van der Waals surface area contributed by atoms with Crippen LogP contribution in [0.3, 0.4) is 0 Å². The number of nitrogens with zero attached hydrogens (tertiary/aromatic N) is 4. The third-order valence-electron chi connectivity index (χ3n) is 6.06. The molecule has 0 radical (unpaired) electrons. The molecule has 1 atom stereocenters. The van der Waals surface area contributed by atoms with Crippen LogP contribution in [0.15, 0.2) is 48.8 Å². The van der Waals surface area contributed by atoms with Gasteiger partial charge in [0.1, 0.15) is 36.4 Å². The summed E-state index contributed by atoms with van der Waals surface area (Å²) in [5, 5.41) is 6.54. The molecule has 1 aromatic heterocycles. The number of carbonyl (C=O) groups excluding carboxylic acids is 2. The molecule has 0 aliphatic carbocycles. The number of hydrogen-bond acceptors (Lipinski definition) is 7. The molecule has 2 amide bonds.